The molecule has 0 radical (unpaired) electrons. The standard InChI is InChI=1S/C21H29N3O2S.HI/c1-5-22-21(24-15-17-6-9-18(27-4)10-7-17)23-13-12-16-8-11-19(25-2)20(14-16)26-3;/h6-11,14H,5,12-13,15H2,1-4H3,(H2,22,23,24);1H. The molecular formula is C21H30IN3O2S. The zero-order valence-corrected chi connectivity index (χ0v) is 20.1. The molecule has 0 bridgehead atoms. The minimum atomic E-state index is 0. The number of guanidine groups is 1. The van der Waals surface area contributed by atoms with E-state index in [4.69, 9.17) is 9.47 Å². The number of halogens is 1. The Morgan fingerprint density at radius 1 is 0.964 bits per heavy atom. The van der Waals surface area contributed by atoms with Gasteiger partial charge in [0.1, 0.15) is 0 Å². The molecule has 0 aliphatic heterocycles. The van der Waals surface area contributed by atoms with Crippen molar-refractivity contribution in [2.24, 2.45) is 4.99 Å². The lowest BCUT2D eigenvalue weighted by Gasteiger charge is -2.13. The highest BCUT2D eigenvalue weighted by atomic mass is 127. The molecule has 0 aliphatic carbocycles. The molecule has 5 nitrogen and oxygen atoms in total. The second-order valence-electron chi connectivity index (χ2n) is 5.91. The van der Waals surface area contributed by atoms with Gasteiger partial charge in [-0.15, -0.1) is 35.7 Å². The maximum Gasteiger partial charge on any atom is 0.191 e. The second-order valence-corrected chi connectivity index (χ2v) is 6.79. The smallest absolute Gasteiger partial charge is 0.191 e. The summed E-state index contributed by atoms with van der Waals surface area (Å²) in [5.74, 6) is 2.33. The fourth-order valence-corrected chi connectivity index (χ4v) is 3.01. The summed E-state index contributed by atoms with van der Waals surface area (Å²) in [6, 6.07) is 14.5. The van der Waals surface area contributed by atoms with Gasteiger partial charge in [-0.25, -0.2) is 4.99 Å². The van der Waals surface area contributed by atoms with E-state index in [1.807, 2.05) is 12.1 Å². The fourth-order valence-electron chi connectivity index (χ4n) is 2.60. The van der Waals surface area contributed by atoms with Crippen molar-refractivity contribution in [2.75, 3.05) is 33.6 Å². The van der Waals surface area contributed by atoms with Crippen molar-refractivity contribution in [3.8, 4) is 11.5 Å². The van der Waals surface area contributed by atoms with E-state index in [9.17, 15) is 0 Å². The van der Waals surface area contributed by atoms with Crippen LogP contribution in [-0.4, -0.2) is 39.5 Å². The first-order chi connectivity index (χ1) is 13.2. The van der Waals surface area contributed by atoms with Crippen LogP contribution in [0.15, 0.2) is 52.4 Å². The fraction of sp³-hybridized carbons (Fsp3) is 0.381. The van der Waals surface area contributed by atoms with E-state index in [0.29, 0.717) is 6.54 Å². The molecule has 0 saturated heterocycles. The van der Waals surface area contributed by atoms with E-state index in [0.717, 1.165) is 37.0 Å². The average Bonchev–Trinajstić information content (AvgIpc) is 2.72. The maximum atomic E-state index is 5.36. The van der Waals surface area contributed by atoms with Gasteiger partial charge in [0.25, 0.3) is 0 Å². The third kappa shape index (κ3) is 7.79. The number of methoxy groups -OCH3 is 2. The third-order valence-electron chi connectivity index (χ3n) is 4.08. The van der Waals surface area contributed by atoms with Crippen LogP contribution < -0.4 is 20.1 Å². The average molecular weight is 515 g/mol. The lowest BCUT2D eigenvalue weighted by atomic mass is 10.1. The largest absolute Gasteiger partial charge is 0.493 e. The number of ether oxygens (including phenoxy) is 2. The number of aliphatic imine (C=N–C) groups is 1. The van der Waals surface area contributed by atoms with Crippen molar-refractivity contribution >= 4 is 41.7 Å². The van der Waals surface area contributed by atoms with Gasteiger partial charge in [-0.05, 0) is 55.0 Å². The maximum absolute atomic E-state index is 5.36. The molecule has 0 fully saturated rings. The Kier molecular flexibility index (Phi) is 11.8. The van der Waals surface area contributed by atoms with Gasteiger partial charge in [-0.2, -0.15) is 0 Å². The summed E-state index contributed by atoms with van der Waals surface area (Å²) in [6.07, 6.45) is 2.95. The number of hydrogen-bond donors (Lipinski definition) is 2. The molecular weight excluding hydrogens is 485 g/mol. The molecule has 2 aromatic rings. The van der Waals surface area contributed by atoms with Crippen LogP contribution in [0.1, 0.15) is 18.1 Å². The van der Waals surface area contributed by atoms with Crippen molar-refractivity contribution < 1.29 is 9.47 Å². The lowest BCUT2D eigenvalue weighted by molar-refractivity contribution is 0.354. The zero-order valence-electron chi connectivity index (χ0n) is 17.0. The number of thioether (sulfide) groups is 1. The van der Waals surface area contributed by atoms with Crippen LogP contribution >= 0.6 is 35.7 Å². The predicted molar refractivity (Wildman–Crippen MR) is 130 cm³/mol. The van der Waals surface area contributed by atoms with Crippen LogP contribution in [0.25, 0.3) is 0 Å². The van der Waals surface area contributed by atoms with Crippen molar-refractivity contribution in [3.05, 3.63) is 53.6 Å². The number of nitrogens with one attached hydrogen (secondary N) is 2. The Morgan fingerprint density at radius 3 is 2.25 bits per heavy atom. The summed E-state index contributed by atoms with van der Waals surface area (Å²) >= 11 is 1.75. The first-order valence-electron chi connectivity index (χ1n) is 9.06. The molecule has 2 N–H and O–H groups in total. The van der Waals surface area contributed by atoms with Gasteiger partial charge in [0.15, 0.2) is 17.5 Å². The molecule has 0 aromatic heterocycles. The minimum absolute atomic E-state index is 0. The number of rotatable bonds is 9. The Bertz CT molecular complexity index is 739. The van der Waals surface area contributed by atoms with Gasteiger partial charge in [0, 0.05) is 18.0 Å². The molecule has 0 unspecified atom stereocenters. The summed E-state index contributed by atoms with van der Waals surface area (Å²) in [5.41, 5.74) is 2.38. The van der Waals surface area contributed by atoms with Crippen molar-refractivity contribution in [1.82, 2.24) is 10.6 Å². The van der Waals surface area contributed by atoms with Crippen molar-refractivity contribution in [3.63, 3.8) is 0 Å². The summed E-state index contributed by atoms with van der Waals surface area (Å²) in [5, 5.41) is 6.68. The molecule has 0 atom stereocenters. The highest BCUT2D eigenvalue weighted by Gasteiger charge is 2.05. The predicted octanol–water partition coefficient (Wildman–Crippen LogP) is 4.34. The normalized spacial score (nSPS) is 10.8. The molecule has 0 saturated carbocycles. The highest BCUT2D eigenvalue weighted by molar-refractivity contribution is 14.0. The van der Waals surface area contributed by atoms with Crippen LogP contribution in [-0.2, 0) is 13.0 Å². The summed E-state index contributed by atoms with van der Waals surface area (Å²) < 4.78 is 10.6. The Balaban J connectivity index is 0.00000392. The van der Waals surface area contributed by atoms with Crippen LogP contribution in [0.5, 0.6) is 11.5 Å². The minimum Gasteiger partial charge on any atom is -0.493 e. The summed E-state index contributed by atoms with van der Waals surface area (Å²) in [7, 11) is 3.30. The molecule has 154 valence electrons. The summed E-state index contributed by atoms with van der Waals surface area (Å²) in [4.78, 5) is 5.94. The number of nitrogens with zero attached hydrogens (tertiary/aromatic N) is 1. The van der Waals surface area contributed by atoms with Crippen LogP contribution in [0.3, 0.4) is 0 Å². The van der Waals surface area contributed by atoms with Gasteiger partial charge >= 0.3 is 0 Å². The molecule has 2 aromatic carbocycles. The monoisotopic (exact) mass is 515 g/mol. The molecule has 0 aliphatic rings. The van der Waals surface area contributed by atoms with Crippen LogP contribution in [0.2, 0.25) is 0 Å². The molecule has 0 amide bonds. The SMILES string of the molecule is CCNC(=NCc1ccc(SC)cc1)NCCc1ccc(OC)c(OC)c1.I. The van der Waals surface area contributed by atoms with Gasteiger partial charge in [0.2, 0.25) is 0 Å². The van der Waals surface area contributed by atoms with E-state index >= 15 is 0 Å². The summed E-state index contributed by atoms with van der Waals surface area (Å²) in [6.45, 7) is 4.33. The Morgan fingerprint density at radius 2 is 1.64 bits per heavy atom. The first kappa shape index (κ1) is 24.4. The Labute approximate surface area is 189 Å². The van der Waals surface area contributed by atoms with Gasteiger partial charge in [-0.1, -0.05) is 18.2 Å². The van der Waals surface area contributed by atoms with E-state index in [1.165, 1.54) is 16.0 Å². The zero-order chi connectivity index (χ0) is 19.5. The molecule has 2 rings (SSSR count). The van der Waals surface area contributed by atoms with E-state index in [-0.39, 0.29) is 24.0 Å². The molecule has 0 heterocycles. The van der Waals surface area contributed by atoms with Gasteiger partial charge in [-0.3, -0.25) is 0 Å². The van der Waals surface area contributed by atoms with E-state index in [2.05, 4.69) is 59.1 Å². The quantitative estimate of drug-likeness (QED) is 0.225. The van der Waals surface area contributed by atoms with Gasteiger partial charge < -0.3 is 20.1 Å². The first-order valence-corrected chi connectivity index (χ1v) is 10.3. The molecule has 7 heteroatoms. The number of benzene rings is 2. The van der Waals surface area contributed by atoms with Crippen molar-refractivity contribution in [2.45, 2.75) is 24.8 Å². The highest BCUT2D eigenvalue weighted by Crippen LogP contribution is 2.27. The van der Waals surface area contributed by atoms with Crippen molar-refractivity contribution in [1.29, 1.82) is 0 Å². The van der Waals surface area contributed by atoms with Gasteiger partial charge in [0.05, 0.1) is 20.8 Å². The topological polar surface area (TPSA) is 54.9 Å². The third-order valence-corrected chi connectivity index (χ3v) is 4.82. The van der Waals surface area contributed by atoms with E-state index < -0.39 is 0 Å². The lowest BCUT2D eigenvalue weighted by Crippen LogP contribution is -2.38. The second kappa shape index (κ2) is 13.5. The van der Waals surface area contributed by atoms with E-state index in [1.54, 1.807) is 26.0 Å². The Hall–Kier alpha value is -1.61. The van der Waals surface area contributed by atoms with Crippen LogP contribution in [0, 0.1) is 0 Å². The van der Waals surface area contributed by atoms with Crippen LogP contribution in [0.4, 0.5) is 0 Å². The molecule has 0 spiro atoms. The molecule has 28 heavy (non-hydrogen) atoms. The number of hydrogen-bond acceptors (Lipinski definition) is 4.